The summed E-state index contributed by atoms with van der Waals surface area (Å²) in [4.78, 5) is 0. The van der Waals surface area contributed by atoms with Crippen LogP contribution < -0.4 is 0 Å². The fourth-order valence-corrected chi connectivity index (χ4v) is 2.22. The van der Waals surface area contributed by atoms with Crippen LogP contribution in [0.4, 0.5) is 13.2 Å². The molecule has 2 nitrogen and oxygen atoms in total. The van der Waals surface area contributed by atoms with Gasteiger partial charge in [-0.15, -0.1) is 0 Å². The van der Waals surface area contributed by atoms with E-state index in [1.807, 2.05) is 0 Å². The van der Waals surface area contributed by atoms with Crippen LogP contribution in [-0.4, -0.2) is 14.6 Å². The fourth-order valence-electron chi connectivity index (χ4n) is 1.26. The Morgan fingerprint density at radius 3 is 2.25 bits per heavy atom. The van der Waals surface area contributed by atoms with Crippen LogP contribution in [0, 0.1) is 0 Å². The SMILES string of the molecule is O=S(=O)(Cl)Cc1cccc(CC(F)(F)F)c1. The van der Waals surface area contributed by atoms with E-state index < -0.39 is 27.4 Å². The average Bonchev–Trinajstić information content (AvgIpc) is 1.96. The second-order valence-corrected chi connectivity index (χ2v) is 6.07. The van der Waals surface area contributed by atoms with E-state index in [1.165, 1.54) is 24.3 Å². The molecule has 0 aliphatic carbocycles. The highest BCUT2D eigenvalue weighted by Crippen LogP contribution is 2.22. The Morgan fingerprint density at radius 1 is 1.19 bits per heavy atom. The zero-order chi connectivity index (χ0) is 12.4. The zero-order valence-corrected chi connectivity index (χ0v) is 9.53. The molecule has 0 aromatic heterocycles. The Hall–Kier alpha value is -0.750. The minimum absolute atomic E-state index is 0.0188. The summed E-state index contributed by atoms with van der Waals surface area (Å²) >= 11 is 0. The maximum absolute atomic E-state index is 12.1. The van der Waals surface area contributed by atoms with Crippen LogP contribution in [0.2, 0.25) is 0 Å². The molecule has 0 saturated carbocycles. The third kappa shape index (κ3) is 5.37. The highest BCUT2D eigenvalue weighted by molar-refractivity contribution is 8.13. The summed E-state index contributed by atoms with van der Waals surface area (Å²) in [6, 6.07) is 5.27. The van der Waals surface area contributed by atoms with Gasteiger partial charge in [0.2, 0.25) is 9.05 Å². The summed E-state index contributed by atoms with van der Waals surface area (Å²) in [5.74, 6) is -0.472. The molecule has 90 valence electrons. The monoisotopic (exact) mass is 272 g/mol. The van der Waals surface area contributed by atoms with Gasteiger partial charge in [0.1, 0.15) is 0 Å². The predicted octanol–water partition coefficient (Wildman–Crippen LogP) is 2.86. The highest BCUT2D eigenvalue weighted by Gasteiger charge is 2.27. The smallest absolute Gasteiger partial charge is 0.212 e. The van der Waals surface area contributed by atoms with Gasteiger partial charge in [-0.2, -0.15) is 13.2 Å². The highest BCUT2D eigenvalue weighted by atomic mass is 35.7. The minimum Gasteiger partial charge on any atom is -0.212 e. The molecule has 0 amide bonds. The van der Waals surface area contributed by atoms with Crippen molar-refractivity contribution in [3.8, 4) is 0 Å². The number of alkyl halides is 3. The average molecular weight is 273 g/mol. The van der Waals surface area contributed by atoms with E-state index in [-0.39, 0.29) is 11.1 Å². The molecule has 0 saturated heterocycles. The lowest BCUT2D eigenvalue weighted by Gasteiger charge is -2.07. The standard InChI is InChI=1S/C9H8ClF3O2S/c10-16(14,15)6-8-3-1-2-7(4-8)5-9(11,12)13/h1-4H,5-6H2. The number of halogens is 4. The normalized spacial score (nSPS) is 12.8. The molecule has 1 rings (SSSR count). The molecule has 0 unspecified atom stereocenters. The summed E-state index contributed by atoms with van der Waals surface area (Å²) in [5.41, 5.74) is 0.266. The van der Waals surface area contributed by atoms with Crippen LogP contribution in [0.5, 0.6) is 0 Å². The van der Waals surface area contributed by atoms with Crippen molar-refractivity contribution in [3.63, 3.8) is 0 Å². The van der Waals surface area contributed by atoms with Crippen LogP contribution in [0.15, 0.2) is 24.3 Å². The molecule has 0 heterocycles. The van der Waals surface area contributed by atoms with Gasteiger partial charge in [-0.25, -0.2) is 8.42 Å². The molecule has 7 heteroatoms. The van der Waals surface area contributed by atoms with Crippen molar-refractivity contribution in [2.45, 2.75) is 18.3 Å². The molecule has 0 bridgehead atoms. The third-order valence-electron chi connectivity index (χ3n) is 1.74. The molecule has 0 atom stereocenters. The van der Waals surface area contributed by atoms with E-state index in [2.05, 4.69) is 0 Å². The number of rotatable bonds is 3. The Balaban J connectivity index is 2.88. The van der Waals surface area contributed by atoms with E-state index in [0.29, 0.717) is 0 Å². The Labute approximate surface area is 95.5 Å². The van der Waals surface area contributed by atoms with E-state index in [9.17, 15) is 21.6 Å². The van der Waals surface area contributed by atoms with Crippen molar-refractivity contribution >= 4 is 19.7 Å². The van der Waals surface area contributed by atoms with Crippen molar-refractivity contribution in [2.75, 3.05) is 0 Å². The van der Waals surface area contributed by atoms with Gasteiger partial charge in [-0.05, 0) is 11.1 Å². The molecule has 0 N–H and O–H groups in total. The van der Waals surface area contributed by atoms with Crippen LogP contribution in [0.25, 0.3) is 0 Å². The van der Waals surface area contributed by atoms with Gasteiger partial charge in [0.05, 0.1) is 12.2 Å². The summed E-state index contributed by atoms with van der Waals surface area (Å²) < 4.78 is 57.7. The molecule has 0 fully saturated rings. The second-order valence-electron chi connectivity index (χ2n) is 3.30. The van der Waals surface area contributed by atoms with Gasteiger partial charge in [0.15, 0.2) is 0 Å². The van der Waals surface area contributed by atoms with Gasteiger partial charge >= 0.3 is 6.18 Å². The fraction of sp³-hybridized carbons (Fsp3) is 0.333. The third-order valence-corrected chi connectivity index (χ3v) is 2.74. The first kappa shape index (κ1) is 13.3. The summed E-state index contributed by atoms with van der Waals surface area (Å²) in [5, 5.41) is 0. The zero-order valence-electron chi connectivity index (χ0n) is 7.96. The van der Waals surface area contributed by atoms with Crippen LogP contribution in [0.3, 0.4) is 0 Å². The van der Waals surface area contributed by atoms with Crippen molar-refractivity contribution < 1.29 is 21.6 Å². The second kappa shape index (κ2) is 4.63. The Kier molecular flexibility index (Phi) is 3.85. The minimum atomic E-state index is -4.31. The van der Waals surface area contributed by atoms with E-state index in [4.69, 9.17) is 10.7 Å². The van der Waals surface area contributed by atoms with Crippen LogP contribution in [0.1, 0.15) is 11.1 Å². The van der Waals surface area contributed by atoms with Gasteiger partial charge in [-0.1, -0.05) is 24.3 Å². The van der Waals surface area contributed by atoms with Crippen LogP contribution >= 0.6 is 10.7 Å². The van der Waals surface area contributed by atoms with Crippen LogP contribution in [-0.2, 0) is 21.2 Å². The predicted molar refractivity (Wildman–Crippen MR) is 54.7 cm³/mol. The van der Waals surface area contributed by atoms with E-state index >= 15 is 0 Å². The van der Waals surface area contributed by atoms with Crippen molar-refractivity contribution in [1.29, 1.82) is 0 Å². The lowest BCUT2D eigenvalue weighted by atomic mass is 10.1. The lowest BCUT2D eigenvalue weighted by Crippen LogP contribution is -2.11. The molecule has 0 aliphatic heterocycles. The summed E-state index contributed by atoms with van der Waals surface area (Å²) in [7, 11) is 1.26. The molecular weight excluding hydrogens is 265 g/mol. The molecule has 0 aliphatic rings. The first-order valence-corrected chi connectivity index (χ1v) is 6.70. The molecule has 1 aromatic carbocycles. The number of hydrogen-bond acceptors (Lipinski definition) is 2. The lowest BCUT2D eigenvalue weighted by molar-refractivity contribution is -0.127. The maximum Gasteiger partial charge on any atom is 0.393 e. The molecule has 16 heavy (non-hydrogen) atoms. The van der Waals surface area contributed by atoms with E-state index in [0.717, 1.165) is 0 Å². The Morgan fingerprint density at radius 2 is 1.75 bits per heavy atom. The van der Waals surface area contributed by atoms with E-state index in [1.54, 1.807) is 0 Å². The van der Waals surface area contributed by atoms with Crippen molar-refractivity contribution in [2.24, 2.45) is 0 Å². The van der Waals surface area contributed by atoms with Gasteiger partial charge < -0.3 is 0 Å². The topological polar surface area (TPSA) is 34.1 Å². The van der Waals surface area contributed by atoms with Crippen molar-refractivity contribution in [3.05, 3.63) is 35.4 Å². The quantitative estimate of drug-likeness (QED) is 0.793. The largest absolute Gasteiger partial charge is 0.393 e. The van der Waals surface area contributed by atoms with Gasteiger partial charge in [0.25, 0.3) is 0 Å². The molecule has 0 radical (unpaired) electrons. The molecule has 0 spiro atoms. The molecule has 1 aromatic rings. The Bertz CT molecular complexity index is 468. The first-order chi connectivity index (χ1) is 7.16. The van der Waals surface area contributed by atoms with Gasteiger partial charge in [-0.3, -0.25) is 0 Å². The molecular formula is C9H8ClF3O2S. The number of benzene rings is 1. The maximum atomic E-state index is 12.1. The summed E-state index contributed by atoms with van der Waals surface area (Å²) in [6.07, 6.45) is -5.39. The van der Waals surface area contributed by atoms with Crippen molar-refractivity contribution in [1.82, 2.24) is 0 Å². The number of hydrogen-bond donors (Lipinski definition) is 0. The summed E-state index contributed by atoms with van der Waals surface area (Å²) in [6.45, 7) is 0. The van der Waals surface area contributed by atoms with Gasteiger partial charge in [0, 0.05) is 10.7 Å². The first-order valence-electron chi connectivity index (χ1n) is 4.23.